The molecule has 0 aliphatic rings. The summed E-state index contributed by atoms with van der Waals surface area (Å²) in [7, 11) is 7.16. The Kier molecular flexibility index (Phi) is 8.94. The molecule has 0 aromatic heterocycles. The Morgan fingerprint density at radius 2 is 1.42 bits per heavy atom. The van der Waals surface area contributed by atoms with Crippen molar-refractivity contribution in [2.45, 2.75) is 25.4 Å². The van der Waals surface area contributed by atoms with Crippen LogP contribution in [-0.2, 0) is 11.5 Å². The third-order valence-electron chi connectivity index (χ3n) is 2.15. The van der Waals surface area contributed by atoms with Crippen molar-refractivity contribution in [2.24, 2.45) is 0 Å². The van der Waals surface area contributed by atoms with Gasteiger partial charge >= 0.3 is 5.97 Å². The second-order valence-corrected chi connectivity index (χ2v) is 9.18. The number of hydrogen-bond acceptors (Lipinski definition) is 5. The van der Waals surface area contributed by atoms with Gasteiger partial charge in [0.25, 0.3) is 0 Å². The van der Waals surface area contributed by atoms with Crippen molar-refractivity contribution in [3.05, 3.63) is 34.9 Å². The molecule has 0 atom stereocenters. The van der Waals surface area contributed by atoms with Crippen LogP contribution in [0.4, 0.5) is 0 Å². The Balaban J connectivity index is 2.75. The van der Waals surface area contributed by atoms with Crippen LogP contribution >= 0.6 is 43.2 Å². The zero-order valence-corrected chi connectivity index (χ0v) is 14.3. The SMILES string of the molecule is CCSSCc1cc(CSSCC)cc(C(=O)O)c1. The molecule has 106 valence electrons. The Labute approximate surface area is 130 Å². The first-order valence-electron chi connectivity index (χ1n) is 6.02. The van der Waals surface area contributed by atoms with Crippen molar-refractivity contribution in [1.82, 2.24) is 0 Å². The van der Waals surface area contributed by atoms with Gasteiger partial charge in [-0.25, -0.2) is 4.79 Å². The molecule has 1 aromatic rings. The largest absolute Gasteiger partial charge is 0.478 e. The molecule has 0 aliphatic carbocycles. The highest BCUT2D eigenvalue weighted by atomic mass is 33.1. The van der Waals surface area contributed by atoms with Crippen LogP contribution in [0, 0.1) is 0 Å². The third-order valence-corrected chi connectivity index (χ3v) is 6.98. The van der Waals surface area contributed by atoms with Crippen molar-refractivity contribution in [3.8, 4) is 0 Å². The summed E-state index contributed by atoms with van der Waals surface area (Å²) < 4.78 is 0. The van der Waals surface area contributed by atoms with Crippen LogP contribution < -0.4 is 0 Å². The molecule has 6 heteroatoms. The van der Waals surface area contributed by atoms with Crippen LogP contribution in [-0.4, -0.2) is 22.6 Å². The van der Waals surface area contributed by atoms with Crippen LogP contribution in [0.2, 0.25) is 0 Å². The van der Waals surface area contributed by atoms with E-state index in [0.29, 0.717) is 5.56 Å². The van der Waals surface area contributed by atoms with E-state index in [1.54, 1.807) is 55.3 Å². The van der Waals surface area contributed by atoms with E-state index in [4.69, 9.17) is 5.11 Å². The van der Waals surface area contributed by atoms with Crippen molar-refractivity contribution in [1.29, 1.82) is 0 Å². The molecule has 0 radical (unpaired) electrons. The monoisotopic (exact) mass is 334 g/mol. The zero-order valence-electron chi connectivity index (χ0n) is 11.0. The summed E-state index contributed by atoms with van der Waals surface area (Å²) in [5.74, 6) is 3.01. The molecule has 1 rings (SSSR count). The predicted octanol–water partition coefficient (Wildman–Crippen LogP) is 5.19. The molecule has 1 aromatic carbocycles. The normalized spacial score (nSPS) is 10.6. The lowest BCUT2D eigenvalue weighted by molar-refractivity contribution is 0.0696. The van der Waals surface area contributed by atoms with Crippen LogP contribution in [0.25, 0.3) is 0 Å². The smallest absolute Gasteiger partial charge is 0.335 e. The Morgan fingerprint density at radius 3 is 1.79 bits per heavy atom. The van der Waals surface area contributed by atoms with Crippen LogP contribution in [0.15, 0.2) is 18.2 Å². The van der Waals surface area contributed by atoms with E-state index in [1.807, 2.05) is 0 Å². The minimum absolute atomic E-state index is 0.400. The number of aromatic carboxylic acids is 1. The van der Waals surface area contributed by atoms with Crippen LogP contribution in [0.3, 0.4) is 0 Å². The quantitative estimate of drug-likeness (QED) is 0.495. The first-order chi connectivity index (χ1) is 9.17. The Bertz CT molecular complexity index is 381. The van der Waals surface area contributed by atoms with Gasteiger partial charge in [0.15, 0.2) is 0 Å². The van der Waals surface area contributed by atoms with Crippen LogP contribution in [0.5, 0.6) is 0 Å². The van der Waals surface area contributed by atoms with Crippen molar-refractivity contribution in [3.63, 3.8) is 0 Å². The van der Waals surface area contributed by atoms with Gasteiger partial charge in [-0.1, -0.05) is 63.1 Å². The lowest BCUT2D eigenvalue weighted by Crippen LogP contribution is -1.99. The molecule has 0 fully saturated rings. The van der Waals surface area contributed by atoms with Gasteiger partial charge in [-0.2, -0.15) is 0 Å². The number of carbonyl (C=O) groups is 1. The van der Waals surface area contributed by atoms with Gasteiger partial charge in [0.05, 0.1) is 5.56 Å². The highest BCUT2D eigenvalue weighted by Gasteiger charge is 2.07. The van der Waals surface area contributed by atoms with E-state index in [0.717, 1.165) is 34.1 Å². The average Bonchev–Trinajstić information content (AvgIpc) is 2.39. The summed E-state index contributed by atoms with van der Waals surface area (Å²) in [6.45, 7) is 4.24. The van der Waals surface area contributed by atoms with Gasteiger partial charge in [-0.3, -0.25) is 0 Å². The molecule has 0 bridgehead atoms. The Hall–Kier alpha value is 0.0900. The standard InChI is InChI=1S/C13H18O2S4/c1-3-16-18-8-10-5-11(9-19-17-4-2)7-12(6-10)13(14)15/h5-7H,3-4,8-9H2,1-2H3,(H,14,15). The molecule has 0 aliphatic heterocycles. The maximum absolute atomic E-state index is 11.1. The second-order valence-electron chi connectivity index (χ2n) is 3.68. The van der Waals surface area contributed by atoms with E-state index >= 15 is 0 Å². The molecule has 19 heavy (non-hydrogen) atoms. The van der Waals surface area contributed by atoms with Gasteiger partial charge in [-0.15, -0.1) is 0 Å². The zero-order chi connectivity index (χ0) is 14.1. The summed E-state index contributed by atoms with van der Waals surface area (Å²) in [6, 6.07) is 5.69. The molecule has 0 spiro atoms. The fourth-order valence-electron chi connectivity index (χ4n) is 1.44. The van der Waals surface area contributed by atoms with E-state index in [2.05, 4.69) is 19.9 Å². The van der Waals surface area contributed by atoms with Gasteiger partial charge in [0, 0.05) is 23.0 Å². The number of carboxylic acids is 1. The van der Waals surface area contributed by atoms with Gasteiger partial charge < -0.3 is 5.11 Å². The summed E-state index contributed by atoms with van der Waals surface area (Å²) >= 11 is 0. The first kappa shape index (κ1) is 17.1. The number of benzene rings is 1. The van der Waals surface area contributed by atoms with Crippen molar-refractivity contribution in [2.75, 3.05) is 11.5 Å². The molecule has 0 saturated heterocycles. The number of hydrogen-bond donors (Lipinski definition) is 1. The highest BCUT2D eigenvalue weighted by molar-refractivity contribution is 8.76. The van der Waals surface area contributed by atoms with E-state index < -0.39 is 5.97 Å². The molecule has 2 nitrogen and oxygen atoms in total. The number of carboxylic acid groups (broad SMARTS) is 1. The summed E-state index contributed by atoms with van der Waals surface area (Å²) in [5.41, 5.74) is 2.60. The molecule has 0 saturated carbocycles. The van der Waals surface area contributed by atoms with E-state index in [-0.39, 0.29) is 0 Å². The van der Waals surface area contributed by atoms with Crippen LogP contribution in [0.1, 0.15) is 35.3 Å². The average molecular weight is 335 g/mol. The van der Waals surface area contributed by atoms with Gasteiger partial charge in [-0.05, 0) is 23.3 Å². The maximum Gasteiger partial charge on any atom is 0.335 e. The topological polar surface area (TPSA) is 37.3 Å². The lowest BCUT2D eigenvalue weighted by atomic mass is 10.1. The maximum atomic E-state index is 11.1. The molecule has 0 amide bonds. The van der Waals surface area contributed by atoms with E-state index in [1.165, 1.54) is 0 Å². The van der Waals surface area contributed by atoms with E-state index in [9.17, 15) is 4.79 Å². The Morgan fingerprint density at radius 1 is 0.947 bits per heavy atom. The summed E-state index contributed by atoms with van der Waals surface area (Å²) in [4.78, 5) is 11.1. The molecule has 1 N–H and O–H groups in total. The summed E-state index contributed by atoms with van der Waals surface area (Å²) in [6.07, 6.45) is 0. The minimum Gasteiger partial charge on any atom is -0.478 e. The molecule has 0 heterocycles. The summed E-state index contributed by atoms with van der Waals surface area (Å²) in [5, 5.41) is 9.15. The minimum atomic E-state index is -0.843. The molecular formula is C13H18O2S4. The van der Waals surface area contributed by atoms with Crippen molar-refractivity contribution >= 4 is 49.1 Å². The predicted molar refractivity (Wildman–Crippen MR) is 92.3 cm³/mol. The first-order valence-corrected chi connectivity index (χ1v) is 11.0. The number of rotatable bonds is 9. The highest BCUT2D eigenvalue weighted by Crippen LogP contribution is 2.29. The van der Waals surface area contributed by atoms with Crippen molar-refractivity contribution < 1.29 is 9.90 Å². The lowest BCUT2D eigenvalue weighted by Gasteiger charge is -2.07. The van der Waals surface area contributed by atoms with Gasteiger partial charge in [0.2, 0.25) is 0 Å². The third kappa shape index (κ3) is 6.88. The second kappa shape index (κ2) is 9.91. The van der Waals surface area contributed by atoms with Gasteiger partial charge in [0.1, 0.15) is 0 Å². The fraction of sp³-hybridized carbons (Fsp3) is 0.462. The fourth-order valence-corrected chi connectivity index (χ4v) is 4.86. The molecular weight excluding hydrogens is 316 g/mol. The molecule has 0 unspecified atom stereocenters.